The number of benzene rings is 2. The molecule has 0 saturated heterocycles. The van der Waals surface area contributed by atoms with E-state index in [0.717, 1.165) is 0 Å². The Balaban J connectivity index is 1.46. The van der Waals surface area contributed by atoms with E-state index in [2.05, 4.69) is 15.3 Å². The van der Waals surface area contributed by atoms with Crippen LogP contribution in [0.1, 0.15) is 11.1 Å². The monoisotopic (exact) mass is 480 g/mol. The average Bonchev–Trinajstić information content (AvgIpc) is 2.82. The number of ether oxygens (including phenoxy) is 1. The zero-order valence-corrected chi connectivity index (χ0v) is 18.6. The van der Waals surface area contributed by atoms with Gasteiger partial charge in [0.2, 0.25) is 5.95 Å². The summed E-state index contributed by atoms with van der Waals surface area (Å²) in [4.78, 5) is 24.2. The Hall–Kier alpha value is -4.24. The molecular weight excluding hydrogens is 463 g/mol. The maximum atomic E-state index is 14.5. The number of anilines is 4. The van der Waals surface area contributed by atoms with Gasteiger partial charge in [-0.15, -0.1) is 0 Å². The SMILES string of the molecule is CN1C(=O)N(c2c(F)cccc2C#N)Cc2cnc(Nc3ccc4c(c3)S(=O)(=O)CCO4)nc21. The zero-order valence-electron chi connectivity index (χ0n) is 17.8. The predicted molar refractivity (Wildman–Crippen MR) is 120 cm³/mol. The number of amides is 2. The summed E-state index contributed by atoms with van der Waals surface area (Å²) in [5, 5.41) is 12.3. The molecule has 2 aliphatic heterocycles. The number of rotatable bonds is 3. The van der Waals surface area contributed by atoms with Gasteiger partial charge >= 0.3 is 6.03 Å². The van der Waals surface area contributed by atoms with Gasteiger partial charge in [0.05, 0.1) is 23.5 Å². The number of para-hydroxylation sites is 1. The molecule has 0 saturated carbocycles. The lowest BCUT2D eigenvalue weighted by Crippen LogP contribution is -2.46. The Kier molecular flexibility index (Phi) is 5.06. The zero-order chi connectivity index (χ0) is 24.0. The molecule has 0 unspecified atom stereocenters. The molecular formula is C22H17FN6O4S. The fourth-order valence-corrected chi connectivity index (χ4v) is 5.14. The predicted octanol–water partition coefficient (Wildman–Crippen LogP) is 2.97. The van der Waals surface area contributed by atoms with Gasteiger partial charge < -0.3 is 10.1 Å². The van der Waals surface area contributed by atoms with Crippen molar-refractivity contribution in [3.63, 3.8) is 0 Å². The first kappa shape index (κ1) is 21.6. The van der Waals surface area contributed by atoms with Crippen molar-refractivity contribution < 1.29 is 22.3 Å². The molecule has 2 aliphatic rings. The van der Waals surface area contributed by atoms with E-state index in [-0.39, 0.29) is 41.0 Å². The van der Waals surface area contributed by atoms with E-state index in [1.807, 2.05) is 6.07 Å². The summed E-state index contributed by atoms with van der Waals surface area (Å²) in [5.41, 5.74) is 0.911. The highest BCUT2D eigenvalue weighted by Gasteiger charge is 2.33. The maximum absolute atomic E-state index is 14.5. The summed E-state index contributed by atoms with van der Waals surface area (Å²) in [6, 6.07) is 10.0. The van der Waals surface area contributed by atoms with Crippen LogP contribution in [0.15, 0.2) is 47.5 Å². The second kappa shape index (κ2) is 7.96. The molecule has 0 atom stereocenters. The Morgan fingerprint density at radius 2 is 2.09 bits per heavy atom. The third-order valence-corrected chi connectivity index (χ3v) is 7.22. The first-order chi connectivity index (χ1) is 16.3. The highest BCUT2D eigenvalue weighted by molar-refractivity contribution is 7.91. The number of sulfone groups is 1. The molecule has 0 aliphatic carbocycles. The molecule has 2 amide bonds. The van der Waals surface area contributed by atoms with Crippen molar-refractivity contribution in [1.82, 2.24) is 9.97 Å². The van der Waals surface area contributed by atoms with Crippen LogP contribution in [0.2, 0.25) is 0 Å². The molecule has 1 aromatic heterocycles. The molecule has 5 rings (SSSR count). The number of aromatic nitrogens is 2. The first-order valence-corrected chi connectivity index (χ1v) is 11.8. The van der Waals surface area contributed by atoms with E-state index < -0.39 is 21.7 Å². The molecule has 0 radical (unpaired) electrons. The molecule has 12 heteroatoms. The molecule has 1 N–H and O–H groups in total. The van der Waals surface area contributed by atoms with Crippen molar-refractivity contribution in [2.24, 2.45) is 0 Å². The molecule has 0 fully saturated rings. The minimum absolute atomic E-state index is 0.0250. The lowest BCUT2D eigenvalue weighted by Gasteiger charge is -2.34. The third-order valence-electron chi connectivity index (χ3n) is 5.53. The van der Waals surface area contributed by atoms with E-state index >= 15 is 0 Å². The smallest absolute Gasteiger partial charge is 0.330 e. The van der Waals surface area contributed by atoms with Gasteiger partial charge in [-0.3, -0.25) is 9.80 Å². The Labute approximate surface area is 194 Å². The van der Waals surface area contributed by atoms with Crippen LogP contribution in [-0.2, 0) is 16.4 Å². The van der Waals surface area contributed by atoms with Crippen molar-refractivity contribution >= 4 is 39.0 Å². The number of carbonyl (C=O) groups excluding carboxylic acids is 1. The largest absolute Gasteiger partial charge is 0.491 e. The minimum Gasteiger partial charge on any atom is -0.491 e. The lowest BCUT2D eigenvalue weighted by molar-refractivity contribution is 0.251. The lowest BCUT2D eigenvalue weighted by atomic mass is 10.1. The van der Waals surface area contributed by atoms with Gasteiger partial charge in [0, 0.05) is 24.5 Å². The van der Waals surface area contributed by atoms with Crippen LogP contribution in [0.5, 0.6) is 5.75 Å². The maximum Gasteiger partial charge on any atom is 0.330 e. The summed E-state index contributed by atoms with van der Waals surface area (Å²) in [7, 11) is -1.96. The summed E-state index contributed by atoms with van der Waals surface area (Å²) in [6.07, 6.45) is 1.49. The highest BCUT2D eigenvalue weighted by Crippen LogP contribution is 2.35. The third kappa shape index (κ3) is 3.56. The minimum atomic E-state index is -3.45. The average molecular weight is 480 g/mol. The molecule has 3 heterocycles. The fraction of sp³-hybridized carbons (Fsp3) is 0.182. The van der Waals surface area contributed by atoms with Crippen molar-refractivity contribution in [2.45, 2.75) is 11.4 Å². The standard InChI is InChI=1S/C22H17FN6O4S/c1-28-20-14(12-29(22(28)30)19-13(10-24)3-2-4-16(19)23)11-25-21(27-20)26-15-5-6-17-18(9-15)34(31,32)8-7-33-17/h2-6,9,11H,7-8,12H2,1H3,(H,25,26,27). The van der Waals surface area contributed by atoms with E-state index in [0.29, 0.717) is 22.8 Å². The van der Waals surface area contributed by atoms with Gasteiger partial charge in [-0.25, -0.2) is 22.6 Å². The number of nitrogens with one attached hydrogen (secondary N) is 1. The van der Waals surface area contributed by atoms with Crippen LogP contribution in [0.3, 0.4) is 0 Å². The van der Waals surface area contributed by atoms with Crippen LogP contribution < -0.4 is 19.9 Å². The Morgan fingerprint density at radius 1 is 1.26 bits per heavy atom. The van der Waals surface area contributed by atoms with E-state index in [1.165, 1.54) is 47.3 Å². The van der Waals surface area contributed by atoms with Crippen LogP contribution in [-0.4, -0.2) is 43.8 Å². The molecule has 172 valence electrons. The van der Waals surface area contributed by atoms with Crippen molar-refractivity contribution in [3.05, 3.63) is 59.5 Å². The summed E-state index contributed by atoms with van der Waals surface area (Å²) < 4.78 is 44.6. The quantitative estimate of drug-likeness (QED) is 0.606. The van der Waals surface area contributed by atoms with E-state index in [4.69, 9.17) is 4.74 Å². The topological polar surface area (TPSA) is 129 Å². The number of hydrogen-bond donors (Lipinski definition) is 1. The molecule has 10 nitrogen and oxygen atoms in total. The second-order valence-electron chi connectivity index (χ2n) is 7.67. The van der Waals surface area contributed by atoms with Crippen LogP contribution >= 0.6 is 0 Å². The summed E-state index contributed by atoms with van der Waals surface area (Å²) in [6.45, 7) is 0.0823. The van der Waals surface area contributed by atoms with Crippen molar-refractivity contribution in [3.8, 4) is 11.8 Å². The number of carbonyl (C=O) groups is 1. The first-order valence-electron chi connectivity index (χ1n) is 10.1. The van der Waals surface area contributed by atoms with Gasteiger partial charge in [0.25, 0.3) is 0 Å². The molecule has 0 bridgehead atoms. The van der Waals surface area contributed by atoms with E-state index in [9.17, 15) is 22.9 Å². The van der Waals surface area contributed by atoms with Crippen LogP contribution in [0, 0.1) is 17.1 Å². The van der Waals surface area contributed by atoms with Crippen molar-refractivity contribution in [1.29, 1.82) is 5.26 Å². The second-order valence-corrected chi connectivity index (χ2v) is 9.75. The number of urea groups is 1. The van der Waals surface area contributed by atoms with Gasteiger partial charge in [0.15, 0.2) is 9.84 Å². The van der Waals surface area contributed by atoms with Crippen LogP contribution in [0.4, 0.5) is 32.3 Å². The number of hydrogen-bond acceptors (Lipinski definition) is 8. The number of fused-ring (bicyclic) bond motifs is 2. The van der Waals surface area contributed by atoms with Gasteiger partial charge in [0.1, 0.15) is 35.0 Å². The number of nitriles is 1. The highest BCUT2D eigenvalue weighted by atomic mass is 32.2. The Bertz CT molecular complexity index is 1490. The Morgan fingerprint density at radius 3 is 2.88 bits per heavy atom. The van der Waals surface area contributed by atoms with Gasteiger partial charge in [-0.1, -0.05) is 6.07 Å². The van der Waals surface area contributed by atoms with Gasteiger partial charge in [-0.2, -0.15) is 10.2 Å². The molecule has 0 spiro atoms. The van der Waals surface area contributed by atoms with Gasteiger partial charge in [-0.05, 0) is 30.3 Å². The fourth-order valence-electron chi connectivity index (χ4n) is 3.87. The number of nitrogens with zero attached hydrogens (tertiary/aromatic N) is 5. The molecule has 34 heavy (non-hydrogen) atoms. The van der Waals surface area contributed by atoms with E-state index in [1.54, 1.807) is 12.1 Å². The molecule has 3 aromatic rings. The van der Waals surface area contributed by atoms with Crippen molar-refractivity contribution in [2.75, 3.05) is 34.5 Å². The molecule has 2 aromatic carbocycles. The number of halogens is 1. The summed E-state index contributed by atoms with van der Waals surface area (Å²) in [5.74, 6) is -0.0436. The normalized spacial score (nSPS) is 16.2. The summed E-state index contributed by atoms with van der Waals surface area (Å²) >= 11 is 0. The van der Waals surface area contributed by atoms with Crippen LogP contribution in [0.25, 0.3) is 0 Å².